The number of ether oxygens (including phenoxy) is 1. The summed E-state index contributed by atoms with van der Waals surface area (Å²) in [5, 5.41) is 5.30. The van der Waals surface area contributed by atoms with Crippen LogP contribution in [0.5, 0.6) is 5.75 Å². The highest BCUT2D eigenvalue weighted by atomic mass is 79.9. The van der Waals surface area contributed by atoms with Crippen molar-refractivity contribution in [3.8, 4) is 5.75 Å². The van der Waals surface area contributed by atoms with Crippen LogP contribution < -0.4 is 14.9 Å². The molecule has 1 aliphatic heterocycles. The molecule has 0 radical (unpaired) electrons. The first-order valence-corrected chi connectivity index (χ1v) is 13.6. The van der Waals surface area contributed by atoms with Gasteiger partial charge in [-0.3, -0.25) is 0 Å². The van der Waals surface area contributed by atoms with Crippen molar-refractivity contribution < 1.29 is 13.2 Å². The van der Waals surface area contributed by atoms with E-state index >= 15 is 0 Å². The molecule has 178 valence electrons. The first-order chi connectivity index (χ1) is 16.3. The molecule has 0 saturated carbocycles. The molecule has 3 aromatic carbocycles. The lowest BCUT2D eigenvalue weighted by atomic mass is 9.96. The Morgan fingerprint density at radius 2 is 1.91 bits per heavy atom. The van der Waals surface area contributed by atoms with Gasteiger partial charge in [0.25, 0.3) is 0 Å². The normalized spacial score (nSPS) is 16.6. The van der Waals surface area contributed by atoms with Gasteiger partial charge < -0.3 is 10.2 Å². The summed E-state index contributed by atoms with van der Waals surface area (Å²) < 4.78 is 35.5. The summed E-state index contributed by atoms with van der Waals surface area (Å²) in [7, 11) is -3.89. The molecule has 1 aliphatic rings. The predicted octanol–water partition coefficient (Wildman–Crippen LogP) is 6.26. The smallest absolute Gasteiger partial charge is 0.241 e. The average Bonchev–Trinajstić information content (AvgIpc) is 3.29. The van der Waals surface area contributed by atoms with E-state index in [4.69, 9.17) is 27.9 Å². The van der Waals surface area contributed by atoms with Crippen molar-refractivity contribution in [1.82, 2.24) is 10.1 Å². The van der Waals surface area contributed by atoms with Crippen molar-refractivity contribution in [2.75, 3.05) is 6.61 Å². The molecular formula is C24H22BrCl2N3O3S. The summed E-state index contributed by atoms with van der Waals surface area (Å²) in [6, 6.07) is 18.3. The van der Waals surface area contributed by atoms with Crippen LogP contribution in [0.25, 0.3) is 0 Å². The van der Waals surface area contributed by atoms with Gasteiger partial charge in [0.15, 0.2) is 0 Å². The van der Waals surface area contributed by atoms with Gasteiger partial charge >= 0.3 is 0 Å². The fraction of sp³-hybridized carbons (Fsp3) is 0.208. The molecule has 2 unspecified atom stereocenters. The Kier molecular flexibility index (Phi) is 7.84. The standard InChI is InChI=1S/C24H22BrCl2N3O3S/c1-2-33-18-9-6-15(7-10-18)22-14-23(29-28-22)24(20-11-8-17(26)13-21(20)27)30-34(31,32)19-5-3-4-16(25)12-19/h3-13,22,24,28,30H,2,14H2,1H3. The highest BCUT2D eigenvalue weighted by Gasteiger charge is 2.32. The Balaban J connectivity index is 1.64. The van der Waals surface area contributed by atoms with Crippen LogP contribution in [-0.2, 0) is 10.0 Å². The maximum atomic E-state index is 13.3. The fourth-order valence-corrected chi connectivity index (χ4v) is 6.02. The Bertz CT molecular complexity index is 1320. The molecule has 0 amide bonds. The van der Waals surface area contributed by atoms with E-state index < -0.39 is 16.1 Å². The first-order valence-electron chi connectivity index (χ1n) is 10.5. The zero-order chi connectivity index (χ0) is 24.3. The second-order valence-corrected chi connectivity index (χ2v) is 11.1. The van der Waals surface area contributed by atoms with E-state index in [-0.39, 0.29) is 10.9 Å². The molecule has 1 heterocycles. The van der Waals surface area contributed by atoms with Gasteiger partial charge in [0.05, 0.1) is 29.3 Å². The molecule has 0 saturated heterocycles. The lowest BCUT2D eigenvalue weighted by Gasteiger charge is -2.21. The van der Waals surface area contributed by atoms with Gasteiger partial charge in [0, 0.05) is 20.9 Å². The minimum Gasteiger partial charge on any atom is -0.494 e. The van der Waals surface area contributed by atoms with Crippen LogP contribution >= 0.6 is 39.1 Å². The molecule has 10 heteroatoms. The number of hydrogen-bond acceptors (Lipinski definition) is 5. The van der Waals surface area contributed by atoms with Crippen molar-refractivity contribution in [3.05, 3.63) is 92.4 Å². The molecule has 2 N–H and O–H groups in total. The minimum absolute atomic E-state index is 0.116. The Morgan fingerprint density at radius 1 is 1.15 bits per heavy atom. The van der Waals surface area contributed by atoms with Crippen molar-refractivity contribution in [2.24, 2.45) is 5.10 Å². The minimum atomic E-state index is -3.89. The number of nitrogens with zero attached hydrogens (tertiary/aromatic N) is 1. The Hall–Kier alpha value is -2.10. The first kappa shape index (κ1) is 25.0. The van der Waals surface area contributed by atoms with Crippen molar-refractivity contribution in [2.45, 2.75) is 30.3 Å². The van der Waals surface area contributed by atoms with Crippen molar-refractivity contribution >= 4 is 54.9 Å². The van der Waals surface area contributed by atoms with E-state index in [1.165, 1.54) is 6.07 Å². The Labute approximate surface area is 217 Å². The van der Waals surface area contributed by atoms with E-state index in [0.717, 1.165) is 11.3 Å². The molecular weight excluding hydrogens is 561 g/mol. The lowest BCUT2D eigenvalue weighted by molar-refractivity contribution is 0.340. The van der Waals surface area contributed by atoms with Gasteiger partial charge in [-0.1, -0.05) is 63.4 Å². The van der Waals surface area contributed by atoms with Gasteiger partial charge in [0.2, 0.25) is 10.0 Å². The molecule has 6 nitrogen and oxygen atoms in total. The maximum Gasteiger partial charge on any atom is 0.241 e. The largest absolute Gasteiger partial charge is 0.494 e. The fourth-order valence-electron chi connectivity index (χ4n) is 3.70. The van der Waals surface area contributed by atoms with Crippen LogP contribution in [0.15, 0.2) is 81.2 Å². The summed E-state index contributed by atoms with van der Waals surface area (Å²) in [6.45, 7) is 2.53. The highest BCUT2D eigenvalue weighted by Crippen LogP contribution is 2.34. The number of hydrogen-bond donors (Lipinski definition) is 2. The topological polar surface area (TPSA) is 79.8 Å². The van der Waals surface area contributed by atoms with Crippen LogP contribution in [0, 0.1) is 0 Å². The summed E-state index contributed by atoms with van der Waals surface area (Å²) in [5.74, 6) is 0.790. The van der Waals surface area contributed by atoms with Crippen molar-refractivity contribution in [1.29, 1.82) is 0 Å². The maximum absolute atomic E-state index is 13.3. The average molecular weight is 583 g/mol. The monoisotopic (exact) mass is 581 g/mol. The molecule has 0 spiro atoms. The van der Waals surface area contributed by atoms with E-state index in [9.17, 15) is 8.42 Å². The predicted molar refractivity (Wildman–Crippen MR) is 139 cm³/mol. The molecule has 3 aromatic rings. The molecule has 4 rings (SSSR count). The van der Waals surface area contributed by atoms with Crippen LogP contribution in [-0.4, -0.2) is 20.7 Å². The number of rotatable bonds is 8. The second-order valence-electron chi connectivity index (χ2n) is 7.67. The van der Waals surface area contributed by atoms with E-state index in [1.807, 2.05) is 31.2 Å². The Morgan fingerprint density at radius 3 is 2.59 bits per heavy atom. The summed E-state index contributed by atoms with van der Waals surface area (Å²) in [4.78, 5) is 0.131. The van der Waals surface area contributed by atoms with Gasteiger partial charge in [-0.25, -0.2) is 8.42 Å². The lowest BCUT2D eigenvalue weighted by Crippen LogP contribution is -2.33. The zero-order valence-electron chi connectivity index (χ0n) is 18.1. The van der Waals surface area contributed by atoms with E-state index in [1.54, 1.807) is 36.4 Å². The number of sulfonamides is 1. The molecule has 0 bridgehead atoms. The van der Waals surface area contributed by atoms with Crippen LogP contribution in [0.3, 0.4) is 0 Å². The number of halogens is 3. The molecule has 0 aromatic heterocycles. The number of hydrazone groups is 1. The third-order valence-electron chi connectivity index (χ3n) is 5.36. The summed E-state index contributed by atoms with van der Waals surface area (Å²) in [5.41, 5.74) is 5.32. The summed E-state index contributed by atoms with van der Waals surface area (Å²) in [6.07, 6.45) is 0.485. The van der Waals surface area contributed by atoms with Gasteiger partial charge in [0.1, 0.15) is 5.75 Å². The van der Waals surface area contributed by atoms with Gasteiger partial charge in [-0.05, 0) is 60.5 Å². The molecule has 0 fully saturated rings. The van der Waals surface area contributed by atoms with Crippen molar-refractivity contribution in [3.63, 3.8) is 0 Å². The van der Waals surface area contributed by atoms with Crippen LogP contribution in [0.2, 0.25) is 10.0 Å². The quantitative estimate of drug-likeness (QED) is 0.328. The molecule has 0 aliphatic carbocycles. The SMILES string of the molecule is CCOc1ccc(C2CC(C(NS(=O)(=O)c3cccc(Br)c3)c3ccc(Cl)cc3Cl)=NN2)cc1. The van der Waals surface area contributed by atoms with Gasteiger partial charge in [-0.15, -0.1) is 0 Å². The highest BCUT2D eigenvalue weighted by molar-refractivity contribution is 9.10. The van der Waals surface area contributed by atoms with E-state index in [0.29, 0.717) is 38.8 Å². The zero-order valence-corrected chi connectivity index (χ0v) is 22.0. The third kappa shape index (κ3) is 5.75. The summed E-state index contributed by atoms with van der Waals surface area (Å²) >= 11 is 15.9. The van der Waals surface area contributed by atoms with E-state index in [2.05, 4.69) is 31.2 Å². The molecule has 34 heavy (non-hydrogen) atoms. The van der Waals surface area contributed by atoms with Crippen LogP contribution in [0.4, 0.5) is 0 Å². The molecule has 2 atom stereocenters. The van der Waals surface area contributed by atoms with Gasteiger partial charge in [-0.2, -0.15) is 9.82 Å². The third-order valence-corrected chi connectivity index (χ3v) is 7.83. The number of nitrogens with one attached hydrogen (secondary N) is 2. The number of benzene rings is 3. The second kappa shape index (κ2) is 10.7. The van der Waals surface area contributed by atoms with Crippen LogP contribution in [0.1, 0.15) is 36.6 Å².